The molecule has 0 saturated heterocycles. The lowest BCUT2D eigenvalue weighted by Crippen LogP contribution is -2.53. The number of nitrogens with one attached hydrogen (secondary N) is 1. The molecule has 0 saturated carbocycles. The normalized spacial score (nSPS) is 13.3. The van der Waals surface area contributed by atoms with E-state index in [1.54, 1.807) is 0 Å². The lowest BCUT2D eigenvalue weighted by molar-refractivity contribution is -0.138. The molecule has 0 fully saturated rings. The first kappa shape index (κ1) is 19.4. The van der Waals surface area contributed by atoms with Crippen molar-refractivity contribution in [3.63, 3.8) is 0 Å². The zero-order valence-corrected chi connectivity index (χ0v) is 12.7. The fourth-order valence-corrected chi connectivity index (χ4v) is 2.41. The minimum atomic E-state index is -1.24. The zero-order valence-electron chi connectivity index (χ0n) is 11.9. The van der Waals surface area contributed by atoms with Gasteiger partial charge in [-0.05, 0) is 7.05 Å². The monoisotopic (exact) mass is 320 g/mol. The molecule has 0 aromatic rings. The number of hydrogen-bond acceptors (Lipinski definition) is 7. The van der Waals surface area contributed by atoms with Crippen LogP contribution in [0, 0.1) is 0 Å². The van der Waals surface area contributed by atoms with Crippen LogP contribution in [-0.2, 0) is 14.4 Å². The summed E-state index contributed by atoms with van der Waals surface area (Å²) in [5.74, 6) is -2.72. The number of nitrogens with zero attached hydrogens (tertiary/aromatic N) is 1. The van der Waals surface area contributed by atoms with Crippen LogP contribution in [0.25, 0.3) is 0 Å². The van der Waals surface area contributed by atoms with Crippen LogP contribution in [0.2, 0.25) is 0 Å². The van der Waals surface area contributed by atoms with Crippen LogP contribution in [0.3, 0.4) is 0 Å². The molecule has 0 aromatic carbocycles. The fourth-order valence-electron chi connectivity index (χ4n) is 1.42. The molecule has 120 valence electrons. The van der Waals surface area contributed by atoms with Crippen LogP contribution in [-0.4, -0.2) is 64.5 Å². The highest BCUT2D eigenvalue weighted by atomic mass is 32.2. The van der Waals surface area contributed by atoms with Crippen molar-refractivity contribution in [1.82, 2.24) is 10.2 Å². The quantitative estimate of drug-likeness (QED) is 0.424. The number of amides is 3. The summed E-state index contributed by atoms with van der Waals surface area (Å²) in [4.78, 5) is 46.7. The molecular weight excluding hydrogens is 300 g/mol. The highest BCUT2D eigenvalue weighted by Crippen LogP contribution is 2.15. The number of imide groups is 1. The van der Waals surface area contributed by atoms with Crippen molar-refractivity contribution in [2.75, 3.05) is 19.3 Å². The number of thioether (sulfide) groups is 1. The third-order valence-corrected chi connectivity index (χ3v) is 3.59. The Labute approximate surface area is 126 Å². The molecule has 0 bridgehead atoms. The van der Waals surface area contributed by atoms with E-state index in [2.05, 4.69) is 5.32 Å². The summed E-state index contributed by atoms with van der Waals surface area (Å²) >= 11 is 0.610. The van der Waals surface area contributed by atoms with E-state index in [9.17, 15) is 19.2 Å². The molecule has 0 rings (SSSR count). The second-order valence-corrected chi connectivity index (χ2v) is 5.00. The Morgan fingerprint density at radius 2 is 1.90 bits per heavy atom. The average Bonchev–Trinajstić information content (AvgIpc) is 2.43. The van der Waals surface area contributed by atoms with Gasteiger partial charge in [0.25, 0.3) is 5.24 Å². The highest BCUT2D eigenvalue weighted by Gasteiger charge is 2.32. The Morgan fingerprint density at radius 1 is 1.33 bits per heavy atom. The third kappa shape index (κ3) is 5.69. The third-order valence-electron chi connectivity index (χ3n) is 2.65. The minimum Gasteiger partial charge on any atom is -0.480 e. The van der Waals surface area contributed by atoms with Crippen molar-refractivity contribution in [2.45, 2.75) is 25.4 Å². The van der Waals surface area contributed by atoms with Gasteiger partial charge in [0.15, 0.2) is 0 Å². The van der Waals surface area contributed by atoms with Crippen molar-refractivity contribution in [1.29, 1.82) is 0 Å². The summed E-state index contributed by atoms with van der Waals surface area (Å²) in [5, 5.41) is 10.6. The average molecular weight is 320 g/mol. The van der Waals surface area contributed by atoms with Gasteiger partial charge in [0, 0.05) is 18.7 Å². The second kappa shape index (κ2) is 9.32. The van der Waals surface area contributed by atoms with Gasteiger partial charge in [0.2, 0.25) is 11.8 Å². The van der Waals surface area contributed by atoms with E-state index in [1.807, 2.05) is 0 Å². The van der Waals surface area contributed by atoms with Crippen molar-refractivity contribution in [3.8, 4) is 0 Å². The Hall–Kier alpha value is -1.65. The number of carbonyl (C=O) groups excluding carboxylic acids is 3. The highest BCUT2D eigenvalue weighted by molar-refractivity contribution is 8.13. The summed E-state index contributed by atoms with van der Waals surface area (Å²) in [6, 6.07) is -2.20. The number of hydrogen-bond donors (Lipinski definition) is 4. The summed E-state index contributed by atoms with van der Waals surface area (Å²) in [6.45, 7) is 1.23. The van der Waals surface area contributed by atoms with Gasteiger partial charge in [-0.1, -0.05) is 18.7 Å². The molecule has 0 heterocycles. The van der Waals surface area contributed by atoms with Crippen LogP contribution in [0.5, 0.6) is 0 Å². The van der Waals surface area contributed by atoms with Gasteiger partial charge >= 0.3 is 5.97 Å². The number of primary amides is 1. The smallest absolute Gasteiger partial charge is 0.321 e. The number of carbonyl (C=O) groups is 4. The number of carboxylic acid groups (broad SMARTS) is 1. The standard InChI is InChI=1S/C11H20N4O5S/c1-3-8(16)15(7(4-12)9(13)17)11(20)21-5-6(14-2)10(18)19/h6-7,14H,3-5,12H2,1-2H3,(H2,13,17)(H,18,19). The molecule has 2 atom stereocenters. The number of likely N-dealkylation sites (N-methyl/N-ethyl adjacent to an activating group) is 1. The maximum Gasteiger partial charge on any atom is 0.321 e. The molecule has 0 spiro atoms. The van der Waals surface area contributed by atoms with Gasteiger partial charge in [-0.2, -0.15) is 0 Å². The van der Waals surface area contributed by atoms with E-state index in [4.69, 9.17) is 16.6 Å². The Balaban J connectivity index is 5.01. The number of nitrogens with two attached hydrogens (primary N) is 2. The molecule has 9 nitrogen and oxygen atoms in total. The molecule has 0 radical (unpaired) electrons. The number of rotatable bonds is 8. The molecule has 0 aliphatic heterocycles. The number of carboxylic acids is 1. The van der Waals surface area contributed by atoms with Crippen LogP contribution >= 0.6 is 11.8 Å². The first-order chi connectivity index (χ1) is 9.79. The first-order valence-corrected chi connectivity index (χ1v) is 7.16. The predicted molar refractivity (Wildman–Crippen MR) is 77.5 cm³/mol. The Kier molecular flexibility index (Phi) is 8.58. The molecule has 6 N–H and O–H groups in total. The summed E-state index contributed by atoms with van der Waals surface area (Å²) in [5.41, 5.74) is 10.5. The molecule has 0 aliphatic rings. The van der Waals surface area contributed by atoms with E-state index >= 15 is 0 Å². The maximum absolute atomic E-state index is 12.1. The van der Waals surface area contributed by atoms with E-state index in [-0.39, 0.29) is 18.7 Å². The lowest BCUT2D eigenvalue weighted by Gasteiger charge is -2.26. The van der Waals surface area contributed by atoms with Gasteiger partial charge in [-0.15, -0.1) is 0 Å². The van der Waals surface area contributed by atoms with E-state index in [1.165, 1.54) is 14.0 Å². The topological polar surface area (TPSA) is 156 Å². The van der Waals surface area contributed by atoms with Crippen LogP contribution < -0.4 is 16.8 Å². The largest absolute Gasteiger partial charge is 0.480 e. The van der Waals surface area contributed by atoms with Gasteiger partial charge in [0.1, 0.15) is 12.1 Å². The molecule has 3 amide bonds. The molecule has 10 heteroatoms. The van der Waals surface area contributed by atoms with E-state index in [0.29, 0.717) is 16.7 Å². The first-order valence-electron chi connectivity index (χ1n) is 6.18. The van der Waals surface area contributed by atoms with Gasteiger partial charge < -0.3 is 21.9 Å². The van der Waals surface area contributed by atoms with E-state index < -0.39 is 35.1 Å². The summed E-state index contributed by atoms with van der Waals surface area (Å²) in [6.07, 6.45) is -0.00946. The van der Waals surface area contributed by atoms with Crippen molar-refractivity contribution in [3.05, 3.63) is 0 Å². The zero-order chi connectivity index (χ0) is 16.6. The molecule has 21 heavy (non-hydrogen) atoms. The van der Waals surface area contributed by atoms with Gasteiger partial charge in [-0.3, -0.25) is 24.1 Å². The van der Waals surface area contributed by atoms with Crippen molar-refractivity contribution in [2.24, 2.45) is 11.5 Å². The predicted octanol–water partition coefficient (Wildman–Crippen LogP) is -1.44. The molecule has 2 unspecified atom stereocenters. The van der Waals surface area contributed by atoms with Crippen LogP contribution in [0.15, 0.2) is 0 Å². The summed E-state index contributed by atoms with van der Waals surface area (Å²) in [7, 11) is 1.44. The van der Waals surface area contributed by atoms with Crippen LogP contribution in [0.1, 0.15) is 13.3 Å². The van der Waals surface area contributed by atoms with Crippen LogP contribution in [0.4, 0.5) is 4.79 Å². The van der Waals surface area contributed by atoms with Crippen molar-refractivity contribution < 1.29 is 24.3 Å². The Bertz CT molecular complexity index is 417. The minimum absolute atomic E-state index is 0.00946. The van der Waals surface area contributed by atoms with E-state index in [0.717, 1.165) is 0 Å². The summed E-state index contributed by atoms with van der Waals surface area (Å²) < 4.78 is 0. The lowest BCUT2D eigenvalue weighted by atomic mass is 10.2. The molecule has 0 aromatic heterocycles. The molecular formula is C11H20N4O5S. The maximum atomic E-state index is 12.1. The van der Waals surface area contributed by atoms with Gasteiger partial charge in [0.05, 0.1) is 0 Å². The number of aliphatic carboxylic acids is 1. The fraction of sp³-hybridized carbons (Fsp3) is 0.636. The van der Waals surface area contributed by atoms with Gasteiger partial charge in [-0.25, -0.2) is 0 Å². The SMILES string of the molecule is CCC(=O)N(C(=O)SCC(NC)C(=O)O)C(CN)C(N)=O. The second-order valence-electron chi connectivity index (χ2n) is 4.03. The Morgan fingerprint density at radius 3 is 2.24 bits per heavy atom. The molecule has 0 aliphatic carbocycles. The van der Waals surface area contributed by atoms with Crippen molar-refractivity contribution >= 4 is 34.8 Å².